The molecule has 0 unspecified atom stereocenters. The van der Waals surface area contributed by atoms with Crippen LogP contribution in [0.3, 0.4) is 0 Å². The fourth-order valence-electron chi connectivity index (χ4n) is 3.14. The molecule has 178 valence electrons. The summed E-state index contributed by atoms with van der Waals surface area (Å²) in [4.78, 5) is 23.4. The van der Waals surface area contributed by atoms with E-state index in [1.807, 2.05) is 6.92 Å². The zero-order valence-corrected chi connectivity index (χ0v) is 20.2. The number of non-ortho nitro benzene ring substituents is 1. The molecule has 0 saturated heterocycles. The van der Waals surface area contributed by atoms with Crippen LogP contribution in [-0.4, -0.2) is 32.9 Å². The van der Waals surface area contributed by atoms with Crippen molar-refractivity contribution in [2.45, 2.75) is 18.7 Å². The van der Waals surface area contributed by atoms with E-state index in [-0.39, 0.29) is 27.0 Å². The third-order valence-corrected chi connectivity index (χ3v) is 7.11. The highest BCUT2D eigenvalue weighted by molar-refractivity contribution is 7.92. The highest BCUT2D eigenvalue weighted by Crippen LogP contribution is 2.32. The van der Waals surface area contributed by atoms with Gasteiger partial charge in [0.15, 0.2) is 0 Å². The summed E-state index contributed by atoms with van der Waals surface area (Å²) >= 11 is 6.21. The summed E-state index contributed by atoms with van der Waals surface area (Å²) in [5, 5.41) is 13.8. The van der Waals surface area contributed by atoms with Gasteiger partial charge in [0.1, 0.15) is 12.3 Å². The average Bonchev–Trinajstić information content (AvgIpc) is 2.79. The second-order valence-corrected chi connectivity index (χ2v) is 9.72. The van der Waals surface area contributed by atoms with Gasteiger partial charge in [-0.15, -0.1) is 0 Å². The Morgan fingerprint density at radius 1 is 1.09 bits per heavy atom. The van der Waals surface area contributed by atoms with E-state index in [1.54, 1.807) is 19.1 Å². The summed E-state index contributed by atoms with van der Waals surface area (Å²) in [6.45, 7) is 2.90. The Bertz CT molecular complexity index is 1340. The van der Waals surface area contributed by atoms with Crippen LogP contribution in [0, 0.1) is 24.0 Å². The van der Waals surface area contributed by atoms with E-state index >= 15 is 0 Å². The van der Waals surface area contributed by atoms with Crippen molar-refractivity contribution in [3.63, 3.8) is 0 Å². The smallest absolute Gasteiger partial charge is 0.271 e. The molecular formula is C23H22ClN3O6S. The number of amides is 1. The second-order valence-electron chi connectivity index (χ2n) is 7.45. The molecule has 1 amide bonds. The molecule has 0 bridgehead atoms. The molecule has 0 radical (unpaired) electrons. The fraction of sp³-hybridized carbons (Fsp3) is 0.174. The number of anilines is 2. The number of carbonyl (C=O) groups is 1. The number of hydrogen-bond acceptors (Lipinski definition) is 6. The van der Waals surface area contributed by atoms with E-state index in [2.05, 4.69) is 5.32 Å². The van der Waals surface area contributed by atoms with Crippen LogP contribution in [-0.2, 0) is 14.8 Å². The van der Waals surface area contributed by atoms with Crippen molar-refractivity contribution in [1.29, 1.82) is 0 Å². The van der Waals surface area contributed by atoms with Crippen LogP contribution in [0.5, 0.6) is 5.75 Å². The molecule has 0 saturated carbocycles. The zero-order valence-electron chi connectivity index (χ0n) is 18.6. The molecular weight excluding hydrogens is 482 g/mol. The van der Waals surface area contributed by atoms with Gasteiger partial charge in [-0.1, -0.05) is 35.4 Å². The first kappa shape index (κ1) is 25.0. The molecule has 3 aromatic carbocycles. The van der Waals surface area contributed by atoms with Gasteiger partial charge in [-0.3, -0.25) is 19.2 Å². The van der Waals surface area contributed by atoms with Crippen LogP contribution in [0.15, 0.2) is 65.6 Å². The van der Waals surface area contributed by atoms with Gasteiger partial charge in [0.05, 0.1) is 33.3 Å². The average molecular weight is 504 g/mol. The van der Waals surface area contributed by atoms with E-state index in [0.717, 1.165) is 9.87 Å². The minimum atomic E-state index is -4.16. The molecule has 0 aliphatic carbocycles. The number of benzene rings is 3. The number of nitrogens with one attached hydrogen (secondary N) is 1. The predicted octanol–water partition coefficient (Wildman–Crippen LogP) is 4.71. The maximum absolute atomic E-state index is 13.5. The lowest BCUT2D eigenvalue weighted by molar-refractivity contribution is -0.384. The number of carbonyl (C=O) groups excluding carboxylic acids is 1. The first-order valence-electron chi connectivity index (χ1n) is 10.0. The normalized spacial score (nSPS) is 11.1. The summed E-state index contributed by atoms with van der Waals surface area (Å²) in [5.74, 6) is -0.346. The molecule has 0 aliphatic rings. The third-order valence-electron chi connectivity index (χ3n) is 5.03. The van der Waals surface area contributed by atoms with E-state index in [0.29, 0.717) is 11.3 Å². The van der Waals surface area contributed by atoms with Crippen LogP contribution in [0.4, 0.5) is 17.1 Å². The molecule has 0 atom stereocenters. The van der Waals surface area contributed by atoms with Crippen LogP contribution >= 0.6 is 11.6 Å². The van der Waals surface area contributed by atoms with E-state index < -0.39 is 27.4 Å². The number of ether oxygens (including phenoxy) is 1. The minimum absolute atomic E-state index is 0.00984. The van der Waals surface area contributed by atoms with Crippen molar-refractivity contribution in [1.82, 2.24) is 0 Å². The quantitative estimate of drug-likeness (QED) is 0.351. The van der Waals surface area contributed by atoms with Crippen LogP contribution in [0.2, 0.25) is 5.02 Å². The highest BCUT2D eigenvalue weighted by Gasteiger charge is 2.28. The molecule has 3 aromatic rings. The van der Waals surface area contributed by atoms with Crippen molar-refractivity contribution >= 4 is 44.6 Å². The van der Waals surface area contributed by atoms with E-state index in [4.69, 9.17) is 16.3 Å². The van der Waals surface area contributed by atoms with Gasteiger partial charge in [0, 0.05) is 12.1 Å². The Labute approximate surface area is 202 Å². The molecule has 1 N–H and O–H groups in total. The lowest BCUT2D eigenvalue weighted by Gasteiger charge is -2.25. The van der Waals surface area contributed by atoms with Gasteiger partial charge in [-0.05, 0) is 49.7 Å². The van der Waals surface area contributed by atoms with E-state index in [1.165, 1.54) is 55.6 Å². The fourth-order valence-corrected chi connectivity index (χ4v) is 4.81. The predicted molar refractivity (Wildman–Crippen MR) is 130 cm³/mol. The maximum Gasteiger partial charge on any atom is 0.271 e. The standard InChI is InChI=1S/C23H22ClN3O6S/c1-15-4-9-19(10-5-15)34(31,32)26(17-8-11-22(33-3)20(24)12-17)14-23(28)25-21-13-18(27(29)30)7-6-16(21)2/h4-13H,14H2,1-3H3,(H,25,28). The first-order valence-corrected chi connectivity index (χ1v) is 11.8. The van der Waals surface area contributed by atoms with E-state index in [9.17, 15) is 23.3 Å². The molecule has 0 spiro atoms. The Kier molecular flexibility index (Phi) is 7.43. The number of nitrogens with zero attached hydrogens (tertiary/aromatic N) is 2. The summed E-state index contributed by atoms with van der Waals surface area (Å²) < 4.78 is 33.0. The number of hydrogen-bond donors (Lipinski definition) is 1. The highest BCUT2D eigenvalue weighted by atomic mass is 35.5. The Morgan fingerprint density at radius 2 is 1.76 bits per heavy atom. The minimum Gasteiger partial charge on any atom is -0.495 e. The molecule has 34 heavy (non-hydrogen) atoms. The number of methoxy groups -OCH3 is 1. The van der Waals surface area contributed by atoms with Crippen molar-refractivity contribution in [3.05, 3.63) is 86.9 Å². The summed E-state index contributed by atoms with van der Waals surface area (Å²) in [5.41, 5.74) is 1.61. The van der Waals surface area contributed by atoms with Gasteiger partial charge in [0.2, 0.25) is 5.91 Å². The van der Waals surface area contributed by atoms with Gasteiger partial charge >= 0.3 is 0 Å². The molecule has 0 aliphatic heterocycles. The maximum atomic E-state index is 13.5. The second kappa shape index (κ2) is 10.1. The lowest BCUT2D eigenvalue weighted by atomic mass is 10.2. The van der Waals surface area contributed by atoms with Crippen molar-refractivity contribution in [3.8, 4) is 5.75 Å². The van der Waals surface area contributed by atoms with Crippen LogP contribution < -0.4 is 14.4 Å². The van der Waals surface area contributed by atoms with Gasteiger partial charge < -0.3 is 10.1 Å². The van der Waals surface area contributed by atoms with Crippen LogP contribution in [0.1, 0.15) is 11.1 Å². The topological polar surface area (TPSA) is 119 Å². The third kappa shape index (κ3) is 5.46. The first-order chi connectivity index (χ1) is 16.0. The molecule has 0 aromatic heterocycles. The molecule has 0 heterocycles. The molecule has 11 heteroatoms. The molecule has 0 fully saturated rings. The van der Waals surface area contributed by atoms with Gasteiger partial charge in [-0.25, -0.2) is 8.42 Å². The number of halogens is 1. The number of nitro benzene ring substituents is 1. The number of nitro groups is 1. The Balaban J connectivity index is 2.00. The number of sulfonamides is 1. The van der Waals surface area contributed by atoms with Gasteiger partial charge in [-0.2, -0.15) is 0 Å². The van der Waals surface area contributed by atoms with Gasteiger partial charge in [0.25, 0.3) is 15.7 Å². The van der Waals surface area contributed by atoms with Crippen molar-refractivity contribution < 1.29 is 22.9 Å². The Hall–Kier alpha value is -3.63. The molecule has 9 nitrogen and oxygen atoms in total. The summed E-state index contributed by atoms with van der Waals surface area (Å²) in [6.07, 6.45) is 0. The zero-order chi connectivity index (χ0) is 25.0. The SMILES string of the molecule is COc1ccc(N(CC(=O)Nc2cc([N+](=O)[O-])ccc2C)S(=O)(=O)c2ccc(C)cc2)cc1Cl. The number of aryl methyl sites for hydroxylation is 2. The monoisotopic (exact) mass is 503 g/mol. The van der Waals surface area contributed by atoms with Crippen LogP contribution in [0.25, 0.3) is 0 Å². The summed E-state index contributed by atoms with van der Waals surface area (Å²) in [7, 11) is -2.73. The van der Waals surface area contributed by atoms with Crippen molar-refractivity contribution in [2.24, 2.45) is 0 Å². The number of rotatable bonds is 8. The largest absolute Gasteiger partial charge is 0.495 e. The molecule has 3 rings (SSSR count). The Morgan fingerprint density at radius 3 is 2.35 bits per heavy atom. The lowest BCUT2D eigenvalue weighted by Crippen LogP contribution is -2.38. The van der Waals surface area contributed by atoms with Crippen molar-refractivity contribution in [2.75, 3.05) is 23.3 Å². The summed E-state index contributed by atoms with van der Waals surface area (Å²) in [6, 6.07) is 14.6.